The highest BCUT2D eigenvalue weighted by atomic mass is 79.9. The summed E-state index contributed by atoms with van der Waals surface area (Å²) < 4.78 is 1.90. The van der Waals surface area contributed by atoms with E-state index in [0.29, 0.717) is 10.0 Å². The van der Waals surface area contributed by atoms with Crippen molar-refractivity contribution in [2.45, 2.75) is 19.4 Å². The Hall–Kier alpha value is -0.130. The van der Waals surface area contributed by atoms with E-state index < -0.39 is 0 Å². The van der Waals surface area contributed by atoms with Gasteiger partial charge in [0.1, 0.15) is 0 Å². The number of rotatable bonds is 5. The van der Waals surface area contributed by atoms with E-state index in [4.69, 9.17) is 23.2 Å². The maximum Gasteiger partial charge on any atom is 0.0719 e. The quantitative estimate of drug-likeness (QED) is 0.619. The first kappa shape index (κ1) is 17.2. The molecule has 1 heterocycles. The molecule has 2 rings (SSSR count). The lowest BCUT2D eigenvalue weighted by Crippen LogP contribution is -2.24. The molecule has 0 bridgehead atoms. The van der Waals surface area contributed by atoms with Crippen LogP contribution in [0.5, 0.6) is 0 Å². The Labute approximate surface area is 151 Å². The van der Waals surface area contributed by atoms with Gasteiger partial charge in [-0.25, -0.2) is 0 Å². The van der Waals surface area contributed by atoms with Crippen LogP contribution in [0.4, 0.5) is 0 Å². The summed E-state index contributed by atoms with van der Waals surface area (Å²) in [6.45, 7) is 2.91. The smallest absolute Gasteiger partial charge is 0.0719 e. The van der Waals surface area contributed by atoms with Gasteiger partial charge in [-0.05, 0) is 62.5 Å². The maximum absolute atomic E-state index is 6.29. The molecule has 1 unspecified atom stereocenters. The molecule has 1 aromatic heterocycles. The van der Waals surface area contributed by atoms with Gasteiger partial charge in [0.25, 0.3) is 0 Å². The number of aromatic nitrogens is 1. The Bertz CT molecular complexity index is 635. The van der Waals surface area contributed by atoms with Gasteiger partial charge in [-0.1, -0.05) is 42.3 Å². The first-order chi connectivity index (χ1) is 10.0. The molecule has 0 spiro atoms. The van der Waals surface area contributed by atoms with Crippen molar-refractivity contribution >= 4 is 55.1 Å². The Kier molecular flexibility index (Phi) is 6.51. The lowest BCUT2D eigenvalue weighted by Gasteiger charge is -2.20. The summed E-state index contributed by atoms with van der Waals surface area (Å²) in [5.41, 5.74) is 1.96. The molecular weight excluding hydrogens is 439 g/mol. The van der Waals surface area contributed by atoms with Gasteiger partial charge >= 0.3 is 0 Å². The van der Waals surface area contributed by atoms with Crippen LogP contribution in [0.3, 0.4) is 0 Å². The van der Waals surface area contributed by atoms with Gasteiger partial charge in [0.2, 0.25) is 0 Å². The summed E-state index contributed by atoms with van der Waals surface area (Å²) in [7, 11) is 0. The van der Waals surface area contributed by atoms with Gasteiger partial charge in [0, 0.05) is 15.1 Å². The largest absolute Gasteiger partial charge is 0.309 e. The van der Waals surface area contributed by atoms with Crippen LogP contribution in [0.15, 0.2) is 39.4 Å². The third-order valence-corrected chi connectivity index (χ3v) is 5.00. The summed E-state index contributed by atoms with van der Waals surface area (Å²) in [5, 5.41) is 4.63. The average molecular weight is 453 g/mol. The number of nitrogens with zero attached hydrogens (tertiary/aromatic N) is 1. The molecule has 0 saturated carbocycles. The van der Waals surface area contributed by atoms with E-state index in [2.05, 4.69) is 49.1 Å². The zero-order valence-electron chi connectivity index (χ0n) is 11.3. The predicted octanol–water partition coefficient (Wildman–Crippen LogP) is 5.81. The first-order valence-corrected chi connectivity index (χ1v) is 8.84. The fourth-order valence-electron chi connectivity index (χ4n) is 2.12. The third-order valence-electron chi connectivity index (χ3n) is 3.07. The van der Waals surface area contributed by atoms with Gasteiger partial charge in [-0.3, -0.25) is 4.98 Å². The molecule has 21 heavy (non-hydrogen) atoms. The summed E-state index contributed by atoms with van der Waals surface area (Å²) in [5.74, 6) is 0. The van der Waals surface area contributed by atoms with Gasteiger partial charge in [0.05, 0.1) is 21.8 Å². The number of likely N-dealkylation sites (N-methyl/N-ethyl adjacent to an activating group) is 1. The Morgan fingerprint density at radius 2 is 2.05 bits per heavy atom. The molecule has 0 amide bonds. The Morgan fingerprint density at radius 1 is 1.29 bits per heavy atom. The molecule has 0 aliphatic heterocycles. The topological polar surface area (TPSA) is 24.9 Å². The Balaban J connectivity index is 2.33. The number of pyridine rings is 1. The molecule has 0 saturated heterocycles. The number of benzene rings is 1. The lowest BCUT2D eigenvalue weighted by molar-refractivity contribution is 0.534. The van der Waals surface area contributed by atoms with E-state index in [9.17, 15) is 0 Å². The van der Waals surface area contributed by atoms with Gasteiger partial charge in [-0.15, -0.1) is 0 Å². The zero-order valence-corrected chi connectivity index (χ0v) is 16.0. The molecule has 1 N–H and O–H groups in total. The van der Waals surface area contributed by atoms with Gasteiger partial charge in [-0.2, -0.15) is 0 Å². The maximum atomic E-state index is 6.29. The minimum absolute atomic E-state index is 0.0634. The SMILES string of the molecule is CCNC(Cc1cccc(Cl)c1Cl)c1ncc(Br)cc1Br. The van der Waals surface area contributed by atoms with Crippen LogP contribution in [-0.4, -0.2) is 11.5 Å². The average Bonchev–Trinajstić information content (AvgIpc) is 2.43. The second-order valence-corrected chi connectivity index (χ2v) is 7.10. The normalized spacial score (nSPS) is 12.4. The predicted molar refractivity (Wildman–Crippen MR) is 96.2 cm³/mol. The van der Waals surface area contributed by atoms with Gasteiger partial charge < -0.3 is 5.32 Å². The van der Waals surface area contributed by atoms with Crippen LogP contribution in [-0.2, 0) is 6.42 Å². The van der Waals surface area contributed by atoms with Crippen molar-refractivity contribution in [3.8, 4) is 0 Å². The second-order valence-electron chi connectivity index (χ2n) is 4.55. The highest BCUT2D eigenvalue weighted by molar-refractivity contribution is 9.11. The number of hydrogen-bond acceptors (Lipinski definition) is 2. The van der Waals surface area contributed by atoms with Crippen molar-refractivity contribution in [3.05, 3.63) is 60.7 Å². The molecule has 1 aromatic carbocycles. The van der Waals surface area contributed by atoms with Crippen molar-refractivity contribution in [3.63, 3.8) is 0 Å². The minimum atomic E-state index is 0.0634. The molecule has 0 radical (unpaired) electrons. The number of nitrogens with one attached hydrogen (secondary N) is 1. The zero-order chi connectivity index (χ0) is 15.4. The van der Waals surface area contributed by atoms with E-state index in [1.165, 1.54) is 0 Å². The van der Waals surface area contributed by atoms with Crippen molar-refractivity contribution in [1.82, 2.24) is 10.3 Å². The molecule has 0 aliphatic carbocycles. The van der Waals surface area contributed by atoms with Crippen LogP contribution >= 0.6 is 55.1 Å². The summed E-state index contributed by atoms with van der Waals surface area (Å²) in [4.78, 5) is 4.51. The van der Waals surface area contributed by atoms with E-state index in [1.54, 1.807) is 12.3 Å². The molecule has 1 atom stereocenters. The van der Waals surface area contributed by atoms with E-state index >= 15 is 0 Å². The van der Waals surface area contributed by atoms with Crippen molar-refractivity contribution < 1.29 is 0 Å². The highest BCUT2D eigenvalue weighted by Crippen LogP contribution is 2.31. The van der Waals surface area contributed by atoms with E-state index in [0.717, 1.165) is 33.2 Å². The van der Waals surface area contributed by atoms with Crippen LogP contribution < -0.4 is 5.32 Å². The summed E-state index contributed by atoms with van der Waals surface area (Å²) in [6.07, 6.45) is 2.52. The first-order valence-electron chi connectivity index (χ1n) is 6.50. The fourth-order valence-corrected chi connectivity index (χ4v) is 3.78. The van der Waals surface area contributed by atoms with Crippen LogP contribution in [0, 0.1) is 0 Å². The standard InChI is InChI=1S/C15H14Br2Cl2N2/c1-2-20-13(15-11(17)7-10(16)8-21-15)6-9-4-3-5-12(18)14(9)19/h3-5,7-8,13,20H,2,6H2,1H3. The van der Waals surface area contributed by atoms with E-state index in [1.807, 2.05) is 18.2 Å². The molecular formula is C15H14Br2Cl2N2. The van der Waals surface area contributed by atoms with Crippen molar-refractivity contribution in [1.29, 1.82) is 0 Å². The molecule has 6 heteroatoms. The lowest BCUT2D eigenvalue weighted by atomic mass is 10.0. The molecule has 112 valence electrons. The molecule has 2 aromatic rings. The number of hydrogen-bond donors (Lipinski definition) is 1. The van der Waals surface area contributed by atoms with E-state index in [-0.39, 0.29) is 6.04 Å². The fraction of sp³-hybridized carbons (Fsp3) is 0.267. The minimum Gasteiger partial charge on any atom is -0.309 e. The Morgan fingerprint density at radius 3 is 2.71 bits per heavy atom. The summed E-state index contributed by atoms with van der Waals surface area (Å²) >= 11 is 19.4. The van der Waals surface area contributed by atoms with Crippen LogP contribution in [0.2, 0.25) is 10.0 Å². The van der Waals surface area contributed by atoms with Crippen molar-refractivity contribution in [2.75, 3.05) is 6.54 Å². The third kappa shape index (κ3) is 4.42. The van der Waals surface area contributed by atoms with Crippen LogP contribution in [0.25, 0.3) is 0 Å². The van der Waals surface area contributed by atoms with Gasteiger partial charge in [0.15, 0.2) is 0 Å². The second kappa shape index (κ2) is 7.93. The molecule has 0 aliphatic rings. The molecule has 0 fully saturated rings. The monoisotopic (exact) mass is 450 g/mol. The number of halogens is 4. The summed E-state index contributed by atoms with van der Waals surface area (Å²) in [6, 6.07) is 7.76. The highest BCUT2D eigenvalue weighted by Gasteiger charge is 2.18. The molecule has 2 nitrogen and oxygen atoms in total. The van der Waals surface area contributed by atoms with Crippen molar-refractivity contribution in [2.24, 2.45) is 0 Å². The van der Waals surface area contributed by atoms with Crippen LogP contribution in [0.1, 0.15) is 24.2 Å².